The summed E-state index contributed by atoms with van der Waals surface area (Å²) >= 11 is 0. The Kier molecular flexibility index (Phi) is 4.84. The van der Waals surface area contributed by atoms with Gasteiger partial charge in [0.1, 0.15) is 5.75 Å². The van der Waals surface area contributed by atoms with Crippen molar-refractivity contribution in [2.24, 2.45) is 17.8 Å². The lowest BCUT2D eigenvalue weighted by Gasteiger charge is -2.40. The molecule has 2 fully saturated rings. The Morgan fingerprint density at radius 1 is 1.14 bits per heavy atom. The first kappa shape index (κ1) is 14.9. The second-order valence-corrected chi connectivity index (χ2v) is 6.83. The maximum atomic E-state index is 10.8. The van der Waals surface area contributed by atoms with Crippen molar-refractivity contribution in [2.45, 2.75) is 58.0 Å². The van der Waals surface area contributed by atoms with Gasteiger partial charge in [0.15, 0.2) is 0 Å². The summed E-state index contributed by atoms with van der Waals surface area (Å²) in [5.41, 5.74) is 1.03. The predicted molar refractivity (Wildman–Crippen MR) is 85.4 cm³/mol. The van der Waals surface area contributed by atoms with Gasteiger partial charge in [-0.3, -0.25) is 0 Å². The third-order valence-corrected chi connectivity index (χ3v) is 5.54. The lowest BCUT2D eigenvalue weighted by Crippen LogP contribution is -2.30. The van der Waals surface area contributed by atoms with Crippen molar-refractivity contribution < 1.29 is 9.84 Å². The summed E-state index contributed by atoms with van der Waals surface area (Å²) in [7, 11) is 0. The number of ether oxygens (including phenoxy) is 1. The molecule has 0 radical (unpaired) electrons. The third kappa shape index (κ3) is 3.42. The molecule has 1 aromatic carbocycles. The summed E-state index contributed by atoms with van der Waals surface area (Å²) in [5.74, 6) is 3.11. The van der Waals surface area contributed by atoms with Gasteiger partial charge in [-0.2, -0.15) is 0 Å². The topological polar surface area (TPSA) is 29.5 Å². The average molecular weight is 288 g/mol. The van der Waals surface area contributed by atoms with Crippen LogP contribution in [0.25, 0.3) is 0 Å². The molecule has 0 heterocycles. The van der Waals surface area contributed by atoms with Crippen LogP contribution in [0.15, 0.2) is 24.3 Å². The highest BCUT2D eigenvalue weighted by atomic mass is 16.5. The Bertz CT molecular complexity index is 457. The van der Waals surface area contributed by atoms with Gasteiger partial charge in [0.2, 0.25) is 0 Å². The Morgan fingerprint density at radius 3 is 2.76 bits per heavy atom. The van der Waals surface area contributed by atoms with Crippen LogP contribution in [0.2, 0.25) is 0 Å². The minimum absolute atomic E-state index is 0.326. The number of hydrogen-bond acceptors (Lipinski definition) is 2. The first-order valence-corrected chi connectivity index (χ1v) is 8.68. The van der Waals surface area contributed by atoms with Gasteiger partial charge in [0.05, 0.1) is 12.7 Å². The SMILES string of the molecule is CCOc1cccc(C(O)C2CCC3CCCCC3C2)c1. The zero-order chi connectivity index (χ0) is 14.7. The van der Waals surface area contributed by atoms with Crippen LogP contribution in [0.3, 0.4) is 0 Å². The van der Waals surface area contributed by atoms with Gasteiger partial charge >= 0.3 is 0 Å². The molecular weight excluding hydrogens is 260 g/mol. The Labute approximate surface area is 128 Å². The Hall–Kier alpha value is -1.02. The molecule has 0 bridgehead atoms. The quantitative estimate of drug-likeness (QED) is 0.868. The Morgan fingerprint density at radius 2 is 1.95 bits per heavy atom. The number of benzene rings is 1. The summed E-state index contributed by atoms with van der Waals surface area (Å²) < 4.78 is 5.56. The van der Waals surface area contributed by atoms with Crippen molar-refractivity contribution in [1.29, 1.82) is 0 Å². The molecule has 1 N–H and O–H groups in total. The molecule has 2 saturated carbocycles. The molecule has 0 aliphatic heterocycles. The molecule has 0 spiro atoms. The maximum absolute atomic E-state index is 10.8. The summed E-state index contributed by atoms with van der Waals surface area (Å²) in [4.78, 5) is 0. The fourth-order valence-electron chi connectivity index (χ4n) is 4.42. The summed E-state index contributed by atoms with van der Waals surface area (Å²) in [5, 5.41) is 10.8. The molecule has 2 aliphatic carbocycles. The maximum Gasteiger partial charge on any atom is 0.119 e. The van der Waals surface area contributed by atoms with E-state index in [0.29, 0.717) is 12.5 Å². The molecule has 2 heteroatoms. The number of aliphatic hydroxyl groups excluding tert-OH is 1. The highest BCUT2D eigenvalue weighted by Gasteiger charge is 2.35. The molecule has 2 nitrogen and oxygen atoms in total. The van der Waals surface area contributed by atoms with Gasteiger partial charge in [-0.1, -0.05) is 37.8 Å². The third-order valence-electron chi connectivity index (χ3n) is 5.54. The average Bonchev–Trinajstić information content (AvgIpc) is 2.54. The van der Waals surface area contributed by atoms with Gasteiger partial charge in [-0.25, -0.2) is 0 Å². The zero-order valence-corrected chi connectivity index (χ0v) is 13.1. The minimum atomic E-state index is -0.326. The van der Waals surface area contributed by atoms with Crippen molar-refractivity contribution in [1.82, 2.24) is 0 Å². The van der Waals surface area contributed by atoms with Crippen LogP contribution in [0.4, 0.5) is 0 Å². The monoisotopic (exact) mass is 288 g/mol. The van der Waals surface area contributed by atoms with E-state index in [1.165, 1.54) is 44.9 Å². The molecule has 2 aliphatic rings. The summed E-state index contributed by atoms with van der Waals surface area (Å²) in [6.45, 7) is 2.67. The van der Waals surface area contributed by atoms with E-state index in [0.717, 1.165) is 23.1 Å². The number of fused-ring (bicyclic) bond motifs is 1. The standard InChI is InChI=1S/C19H28O2/c1-2-21-18-9-5-8-16(13-18)19(20)17-11-10-14-6-3-4-7-15(14)12-17/h5,8-9,13-15,17,19-20H,2-4,6-7,10-12H2,1H3. The molecule has 0 amide bonds. The van der Waals surface area contributed by atoms with Gasteiger partial charge in [0.25, 0.3) is 0 Å². The number of aliphatic hydroxyl groups is 1. The van der Waals surface area contributed by atoms with Crippen molar-refractivity contribution in [3.8, 4) is 5.75 Å². The van der Waals surface area contributed by atoms with Crippen LogP contribution in [0, 0.1) is 17.8 Å². The van der Waals surface area contributed by atoms with Gasteiger partial charge < -0.3 is 9.84 Å². The first-order valence-electron chi connectivity index (χ1n) is 8.68. The van der Waals surface area contributed by atoms with Crippen LogP contribution in [0.5, 0.6) is 5.75 Å². The lowest BCUT2D eigenvalue weighted by atomic mass is 9.66. The molecule has 1 aromatic rings. The van der Waals surface area contributed by atoms with Crippen LogP contribution in [0.1, 0.15) is 63.5 Å². The molecule has 3 rings (SSSR count). The van der Waals surface area contributed by atoms with Crippen molar-refractivity contribution >= 4 is 0 Å². The lowest BCUT2D eigenvalue weighted by molar-refractivity contribution is 0.0348. The second kappa shape index (κ2) is 6.83. The molecule has 4 atom stereocenters. The smallest absolute Gasteiger partial charge is 0.119 e. The van der Waals surface area contributed by atoms with E-state index < -0.39 is 0 Å². The largest absolute Gasteiger partial charge is 0.494 e. The highest BCUT2D eigenvalue weighted by Crippen LogP contribution is 2.46. The van der Waals surface area contributed by atoms with E-state index in [1.54, 1.807) is 0 Å². The van der Waals surface area contributed by atoms with E-state index in [-0.39, 0.29) is 6.10 Å². The van der Waals surface area contributed by atoms with Crippen molar-refractivity contribution in [3.63, 3.8) is 0 Å². The molecule has 0 aromatic heterocycles. The zero-order valence-electron chi connectivity index (χ0n) is 13.1. The predicted octanol–water partition coefficient (Wildman–Crippen LogP) is 4.73. The Balaban J connectivity index is 1.67. The van der Waals surface area contributed by atoms with E-state index in [2.05, 4.69) is 0 Å². The molecule has 21 heavy (non-hydrogen) atoms. The van der Waals surface area contributed by atoms with E-state index in [9.17, 15) is 5.11 Å². The van der Waals surface area contributed by atoms with Gasteiger partial charge in [-0.15, -0.1) is 0 Å². The van der Waals surface area contributed by atoms with Crippen LogP contribution < -0.4 is 4.74 Å². The van der Waals surface area contributed by atoms with Crippen LogP contribution >= 0.6 is 0 Å². The highest BCUT2D eigenvalue weighted by molar-refractivity contribution is 5.30. The molecular formula is C19H28O2. The van der Waals surface area contributed by atoms with E-state index >= 15 is 0 Å². The number of hydrogen-bond donors (Lipinski definition) is 1. The van der Waals surface area contributed by atoms with E-state index in [1.807, 2.05) is 31.2 Å². The second-order valence-electron chi connectivity index (χ2n) is 6.83. The normalized spacial score (nSPS) is 30.5. The first-order chi connectivity index (χ1) is 10.3. The van der Waals surface area contributed by atoms with Crippen molar-refractivity contribution in [3.05, 3.63) is 29.8 Å². The fourth-order valence-corrected chi connectivity index (χ4v) is 4.42. The summed E-state index contributed by atoms with van der Waals surface area (Å²) in [6.07, 6.45) is 9.01. The van der Waals surface area contributed by atoms with Gasteiger partial charge in [0, 0.05) is 0 Å². The molecule has 116 valence electrons. The summed E-state index contributed by atoms with van der Waals surface area (Å²) in [6, 6.07) is 8.02. The van der Waals surface area contributed by atoms with E-state index in [4.69, 9.17) is 4.74 Å². The number of rotatable bonds is 4. The van der Waals surface area contributed by atoms with Crippen molar-refractivity contribution in [2.75, 3.05) is 6.61 Å². The van der Waals surface area contributed by atoms with Crippen LogP contribution in [-0.2, 0) is 0 Å². The molecule has 0 saturated heterocycles. The fraction of sp³-hybridized carbons (Fsp3) is 0.684. The molecule has 4 unspecified atom stereocenters. The van der Waals surface area contributed by atoms with Crippen LogP contribution in [-0.4, -0.2) is 11.7 Å². The van der Waals surface area contributed by atoms with Gasteiger partial charge in [-0.05, 0) is 61.6 Å². The minimum Gasteiger partial charge on any atom is -0.494 e.